The van der Waals surface area contributed by atoms with Crippen LogP contribution < -0.4 is 5.32 Å². The van der Waals surface area contributed by atoms with Crippen molar-refractivity contribution in [2.24, 2.45) is 0 Å². The smallest absolute Gasteiger partial charge is 0.243 e. The number of hydrogen-bond donors (Lipinski definition) is 1. The number of anilines is 1. The highest BCUT2D eigenvalue weighted by molar-refractivity contribution is 7.89. The average molecular weight is 679 g/mol. The molecule has 0 bridgehead atoms. The van der Waals surface area contributed by atoms with Gasteiger partial charge in [0.15, 0.2) is 0 Å². The first-order valence-electron chi connectivity index (χ1n) is 14.6. The third kappa shape index (κ3) is 7.61. The second-order valence-electron chi connectivity index (χ2n) is 11.0. The summed E-state index contributed by atoms with van der Waals surface area (Å²) in [6.07, 6.45) is 4.06. The van der Waals surface area contributed by atoms with Gasteiger partial charge in [-0.2, -0.15) is 12.9 Å². The normalized spacial score (nSPS) is 17.0. The molecule has 1 N–H and O–H groups in total. The van der Waals surface area contributed by atoms with E-state index in [1.54, 1.807) is 0 Å². The highest BCUT2D eigenvalue weighted by Crippen LogP contribution is 2.25. The lowest BCUT2D eigenvalue weighted by molar-refractivity contribution is -0.116. The molecule has 45 heavy (non-hydrogen) atoms. The largest absolute Gasteiger partial charge is 0.325 e. The van der Waals surface area contributed by atoms with Crippen molar-refractivity contribution >= 4 is 41.7 Å². The number of nitrogens with one attached hydrogen (secondary N) is 1. The van der Waals surface area contributed by atoms with Gasteiger partial charge in [-0.25, -0.2) is 29.6 Å². The van der Waals surface area contributed by atoms with Gasteiger partial charge in [-0.1, -0.05) is 18.6 Å². The van der Waals surface area contributed by atoms with Crippen molar-refractivity contribution < 1.29 is 34.4 Å². The molecule has 0 radical (unpaired) electrons. The summed E-state index contributed by atoms with van der Waals surface area (Å²) in [6, 6.07) is 15.7. The van der Waals surface area contributed by atoms with E-state index in [1.165, 1.54) is 81.4 Å². The second-order valence-corrected chi connectivity index (χ2v) is 16.8. The number of carbonyl (C=O) groups excluding carboxylic acids is 1. The van der Waals surface area contributed by atoms with E-state index < -0.39 is 48.3 Å². The molecule has 0 saturated carbocycles. The molecule has 11 nitrogen and oxygen atoms in total. The first-order chi connectivity index (χ1) is 21.4. The van der Waals surface area contributed by atoms with Crippen LogP contribution in [0.25, 0.3) is 0 Å². The second kappa shape index (κ2) is 13.6. The standard InChI is InChI=1S/C30H35FN4O7S3/c31-25-8-6-24(7-9-25)22-35(23-30(36)32-26-10-12-27(13-11-26)43(37,38)34-20-4-5-21-34)45(41,42)29-16-14-28(15-17-29)44(39,40)33-18-2-1-3-19-33/h6-17H,1-5,18-23H2,(H,32,36). The number of halogens is 1. The molecule has 15 heteroatoms. The van der Waals surface area contributed by atoms with E-state index in [0.29, 0.717) is 31.7 Å². The average Bonchev–Trinajstić information content (AvgIpc) is 3.59. The fourth-order valence-corrected chi connectivity index (χ4v) is 9.77. The highest BCUT2D eigenvalue weighted by atomic mass is 32.2. The summed E-state index contributed by atoms with van der Waals surface area (Å²) in [4.78, 5) is 13.0. The van der Waals surface area contributed by atoms with Crippen LogP contribution in [0.1, 0.15) is 37.7 Å². The summed E-state index contributed by atoms with van der Waals surface area (Å²) in [6.45, 7) is 0.824. The summed E-state index contributed by atoms with van der Waals surface area (Å²) >= 11 is 0. The lowest BCUT2D eigenvalue weighted by atomic mass is 10.2. The molecule has 0 spiro atoms. The summed E-state index contributed by atoms with van der Waals surface area (Å²) in [5, 5.41) is 2.61. The first-order valence-corrected chi connectivity index (χ1v) is 18.9. The minimum Gasteiger partial charge on any atom is -0.325 e. The van der Waals surface area contributed by atoms with Gasteiger partial charge in [0.05, 0.1) is 21.2 Å². The Morgan fingerprint density at radius 1 is 0.644 bits per heavy atom. The van der Waals surface area contributed by atoms with Crippen LogP contribution in [-0.2, 0) is 41.4 Å². The van der Waals surface area contributed by atoms with Crippen LogP contribution in [-0.4, -0.2) is 76.8 Å². The van der Waals surface area contributed by atoms with Crippen LogP contribution >= 0.6 is 0 Å². The van der Waals surface area contributed by atoms with Crippen LogP contribution in [0.5, 0.6) is 0 Å². The van der Waals surface area contributed by atoms with Crippen molar-refractivity contribution in [3.05, 3.63) is 84.2 Å². The lowest BCUT2D eigenvalue weighted by Gasteiger charge is -2.26. The predicted molar refractivity (Wildman–Crippen MR) is 166 cm³/mol. The maximum absolute atomic E-state index is 13.8. The van der Waals surface area contributed by atoms with E-state index in [-0.39, 0.29) is 26.9 Å². The highest BCUT2D eigenvalue weighted by Gasteiger charge is 2.30. The molecule has 2 fully saturated rings. The fourth-order valence-electron chi connectivity index (χ4n) is 5.35. The first kappa shape index (κ1) is 33.2. The van der Waals surface area contributed by atoms with Crippen molar-refractivity contribution in [3.63, 3.8) is 0 Å². The van der Waals surface area contributed by atoms with Gasteiger partial charge in [0, 0.05) is 38.4 Å². The number of sulfonamides is 3. The SMILES string of the molecule is O=C(CN(Cc1ccc(F)cc1)S(=O)(=O)c1ccc(S(=O)(=O)N2CCCCC2)cc1)Nc1ccc(S(=O)(=O)N2CCCC2)cc1. The molecule has 1 amide bonds. The summed E-state index contributed by atoms with van der Waals surface area (Å²) < 4.78 is 96.6. The summed E-state index contributed by atoms with van der Waals surface area (Å²) in [7, 11) is -11.8. The van der Waals surface area contributed by atoms with Gasteiger partial charge in [0.2, 0.25) is 36.0 Å². The number of hydrogen-bond acceptors (Lipinski definition) is 7. The molecule has 0 aromatic heterocycles. The maximum atomic E-state index is 13.8. The number of piperidine rings is 1. The number of rotatable bonds is 11. The molecule has 2 heterocycles. The van der Waals surface area contributed by atoms with Crippen LogP contribution in [0, 0.1) is 5.82 Å². The van der Waals surface area contributed by atoms with Crippen LogP contribution in [0.2, 0.25) is 0 Å². The van der Waals surface area contributed by atoms with E-state index in [9.17, 15) is 34.4 Å². The van der Waals surface area contributed by atoms with Gasteiger partial charge in [0.25, 0.3) is 0 Å². The Balaban J connectivity index is 1.34. The van der Waals surface area contributed by atoms with Crippen molar-refractivity contribution in [2.45, 2.75) is 53.3 Å². The Bertz CT molecular complexity index is 1820. The van der Waals surface area contributed by atoms with E-state index in [4.69, 9.17) is 0 Å². The quantitative estimate of drug-likeness (QED) is 0.327. The summed E-state index contributed by atoms with van der Waals surface area (Å²) in [5.74, 6) is -1.20. The van der Waals surface area contributed by atoms with Gasteiger partial charge in [-0.05, 0) is 91.9 Å². The zero-order chi connectivity index (χ0) is 32.2. The molecule has 2 saturated heterocycles. The minimum absolute atomic E-state index is 0.0265. The molecule has 2 aliphatic heterocycles. The van der Waals surface area contributed by atoms with Crippen LogP contribution in [0.3, 0.4) is 0 Å². The Kier molecular flexibility index (Phi) is 10.1. The zero-order valence-corrected chi connectivity index (χ0v) is 27.0. The van der Waals surface area contributed by atoms with Gasteiger partial charge in [-0.15, -0.1) is 0 Å². The Hall–Kier alpha value is -3.21. The van der Waals surface area contributed by atoms with Crippen LogP contribution in [0.15, 0.2) is 87.5 Å². The number of benzene rings is 3. The van der Waals surface area contributed by atoms with Crippen molar-refractivity contribution in [1.29, 1.82) is 0 Å². The number of nitrogens with zero attached hydrogens (tertiary/aromatic N) is 3. The zero-order valence-electron chi connectivity index (χ0n) is 24.5. The summed E-state index contributed by atoms with van der Waals surface area (Å²) in [5.41, 5.74) is 0.695. The molecular weight excluding hydrogens is 644 g/mol. The molecule has 2 aliphatic rings. The third-order valence-electron chi connectivity index (χ3n) is 7.85. The topological polar surface area (TPSA) is 141 Å². The van der Waals surface area contributed by atoms with E-state index in [2.05, 4.69) is 5.32 Å². The van der Waals surface area contributed by atoms with Gasteiger partial charge in [-0.3, -0.25) is 4.79 Å². The van der Waals surface area contributed by atoms with E-state index in [0.717, 1.165) is 36.4 Å². The molecule has 3 aromatic rings. The molecule has 242 valence electrons. The van der Waals surface area contributed by atoms with E-state index in [1.807, 2.05) is 0 Å². The predicted octanol–water partition coefficient (Wildman–Crippen LogP) is 3.61. The van der Waals surface area contributed by atoms with Gasteiger partial charge >= 0.3 is 0 Å². The Morgan fingerprint density at radius 3 is 1.60 bits per heavy atom. The minimum atomic E-state index is -4.33. The van der Waals surface area contributed by atoms with Crippen molar-refractivity contribution in [3.8, 4) is 0 Å². The third-order valence-corrected chi connectivity index (χ3v) is 13.5. The van der Waals surface area contributed by atoms with Gasteiger partial charge < -0.3 is 5.32 Å². The molecule has 0 unspecified atom stereocenters. The number of amides is 1. The van der Waals surface area contributed by atoms with Crippen molar-refractivity contribution in [2.75, 3.05) is 38.0 Å². The van der Waals surface area contributed by atoms with Crippen LogP contribution in [0.4, 0.5) is 10.1 Å². The fraction of sp³-hybridized carbons (Fsp3) is 0.367. The molecule has 3 aromatic carbocycles. The molecule has 5 rings (SSSR count). The number of carbonyl (C=O) groups is 1. The molecular formula is C30H35FN4O7S3. The monoisotopic (exact) mass is 678 g/mol. The van der Waals surface area contributed by atoms with Crippen molar-refractivity contribution in [1.82, 2.24) is 12.9 Å². The Morgan fingerprint density at radius 2 is 1.09 bits per heavy atom. The van der Waals surface area contributed by atoms with Gasteiger partial charge in [0.1, 0.15) is 5.82 Å². The lowest BCUT2D eigenvalue weighted by Crippen LogP contribution is -2.37. The molecule has 0 atom stereocenters. The maximum Gasteiger partial charge on any atom is 0.243 e. The Labute approximate surface area is 263 Å². The molecule has 0 aliphatic carbocycles. The van der Waals surface area contributed by atoms with E-state index >= 15 is 0 Å².